The zero-order chi connectivity index (χ0) is 10.8. The molecular formula is C9H8ClN3OS. The lowest BCUT2D eigenvalue weighted by molar-refractivity contribution is 0.475. The van der Waals surface area contributed by atoms with Gasteiger partial charge < -0.3 is 10.5 Å². The molecule has 0 fully saturated rings. The number of rotatable bonds is 2. The molecule has 0 unspecified atom stereocenters. The maximum Gasteiger partial charge on any atom is 0.299 e. The smallest absolute Gasteiger partial charge is 0.299 e. The van der Waals surface area contributed by atoms with Crippen molar-refractivity contribution in [2.45, 2.75) is 6.92 Å². The number of ether oxygens (including phenoxy) is 1. The highest BCUT2D eigenvalue weighted by molar-refractivity contribution is 7.13. The van der Waals surface area contributed by atoms with Crippen LogP contribution >= 0.6 is 22.9 Å². The molecule has 0 saturated carbocycles. The summed E-state index contributed by atoms with van der Waals surface area (Å²) >= 11 is 7.28. The Morgan fingerprint density at radius 2 is 2.20 bits per heavy atom. The molecule has 0 atom stereocenters. The highest BCUT2D eigenvalue weighted by atomic mass is 35.5. The van der Waals surface area contributed by atoms with Crippen LogP contribution in [0.25, 0.3) is 0 Å². The molecule has 78 valence electrons. The average Bonchev–Trinajstić information content (AvgIpc) is 2.58. The lowest BCUT2D eigenvalue weighted by atomic mass is 10.3. The molecule has 2 N–H and O–H groups in total. The zero-order valence-electron chi connectivity index (χ0n) is 7.90. The van der Waals surface area contributed by atoms with Crippen molar-refractivity contribution in [2.24, 2.45) is 0 Å². The van der Waals surface area contributed by atoms with E-state index in [0.29, 0.717) is 21.7 Å². The number of aryl methyl sites for hydroxylation is 1. The molecule has 0 aliphatic carbocycles. The Morgan fingerprint density at radius 1 is 1.40 bits per heavy atom. The van der Waals surface area contributed by atoms with E-state index in [4.69, 9.17) is 22.1 Å². The summed E-state index contributed by atoms with van der Waals surface area (Å²) in [4.78, 5) is 0. The summed E-state index contributed by atoms with van der Waals surface area (Å²) in [5.41, 5.74) is 6.20. The number of nitrogens with zero attached hydrogens (tertiary/aromatic N) is 2. The van der Waals surface area contributed by atoms with Gasteiger partial charge in [-0.05, 0) is 19.1 Å². The quantitative estimate of drug-likeness (QED) is 0.822. The van der Waals surface area contributed by atoms with E-state index in [9.17, 15) is 0 Å². The first-order chi connectivity index (χ1) is 7.16. The second-order valence-electron chi connectivity index (χ2n) is 2.85. The van der Waals surface area contributed by atoms with Crippen molar-refractivity contribution in [3.8, 4) is 10.9 Å². The molecule has 0 aliphatic heterocycles. The van der Waals surface area contributed by atoms with Crippen LogP contribution in [0.4, 0.5) is 5.69 Å². The van der Waals surface area contributed by atoms with E-state index in [0.717, 1.165) is 5.01 Å². The van der Waals surface area contributed by atoms with Gasteiger partial charge >= 0.3 is 0 Å². The van der Waals surface area contributed by atoms with Gasteiger partial charge in [0.1, 0.15) is 5.01 Å². The highest BCUT2D eigenvalue weighted by Gasteiger charge is 2.09. The Kier molecular flexibility index (Phi) is 2.75. The van der Waals surface area contributed by atoms with Gasteiger partial charge in [0, 0.05) is 0 Å². The minimum absolute atomic E-state index is 0.426. The maximum atomic E-state index is 5.94. The summed E-state index contributed by atoms with van der Waals surface area (Å²) in [7, 11) is 0. The van der Waals surface area contributed by atoms with Crippen molar-refractivity contribution in [1.82, 2.24) is 10.2 Å². The van der Waals surface area contributed by atoms with E-state index in [-0.39, 0.29) is 0 Å². The fourth-order valence-electron chi connectivity index (χ4n) is 1.04. The highest BCUT2D eigenvalue weighted by Crippen LogP contribution is 2.35. The number of benzene rings is 1. The molecule has 0 amide bonds. The first kappa shape index (κ1) is 10.2. The van der Waals surface area contributed by atoms with Crippen LogP contribution in [0.3, 0.4) is 0 Å². The van der Waals surface area contributed by atoms with E-state index in [1.807, 2.05) is 6.92 Å². The van der Waals surface area contributed by atoms with Crippen molar-refractivity contribution < 1.29 is 4.74 Å². The number of nitrogens with two attached hydrogens (primary N) is 1. The fourth-order valence-corrected chi connectivity index (χ4v) is 1.80. The van der Waals surface area contributed by atoms with Crippen LogP contribution in [0, 0.1) is 6.92 Å². The monoisotopic (exact) mass is 241 g/mol. The van der Waals surface area contributed by atoms with Crippen LogP contribution in [0.5, 0.6) is 10.9 Å². The predicted octanol–water partition coefficient (Wildman–Crippen LogP) is 2.87. The molecule has 0 saturated heterocycles. The van der Waals surface area contributed by atoms with E-state index < -0.39 is 0 Å². The van der Waals surface area contributed by atoms with Crippen molar-refractivity contribution >= 4 is 28.6 Å². The Labute approximate surface area is 95.7 Å². The number of para-hydroxylation sites is 1. The molecule has 0 bridgehead atoms. The third-order valence-corrected chi connectivity index (χ3v) is 2.71. The Morgan fingerprint density at radius 3 is 2.80 bits per heavy atom. The SMILES string of the molecule is Cc1nnc(Oc2c(N)cccc2Cl)s1. The average molecular weight is 242 g/mol. The van der Waals surface area contributed by atoms with Gasteiger partial charge in [-0.2, -0.15) is 0 Å². The van der Waals surface area contributed by atoms with Crippen molar-refractivity contribution in [2.75, 3.05) is 5.73 Å². The van der Waals surface area contributed by atoms with Crippen LogP contribution in [0.1, 0.15) is 5.01 Å². The molecule has 0 radical (unpaired) electrons. The standard InChI is InChI=1S/C9H8ClN3OS/c1-5-12-13-9(15-5)14-8-6(10)3-2-4-7(8)11/h2-4H,11H2,1H3. The van der Waals surface area contributed by atoms with Crippen LogP contribution in [0.2, 0.25) is 5.02 Å². The third-order valence-electron chi connectivity index (χ3n) is 1.69. The molecule has 1 aromatic heterocycles. The van der Waals surface area contributed by atoms with Gasteiger partial charge in [0.15, 0.2) is 5.75 Å². The number of nitrogen functional groups attached to an aromatic ring is 1. The minimum Gasteiger partial charge on any atom is -0.426 e. The molecule has 4 nitrogen and oxygen atoms in total. The fraction of sp³-hybridized carbons (Fsp3) is 0.111. The lowest BCUT2D eigenvalue weighted by Crippen LogP contribution is -1.92. The summed E-state index contributed by atoms with van der Waals surface area (Å²) in [6.07, 6.45) is 0. The van der Waals surface area contributed by atoms with Crippen molar-refractivity contribution in [3.05, 3.63) is 28.2 Å². The first-order valence-corrected chi connectivity index (χ1v) is 5.38. The number of hydrogen-bond donors (Lipinski definition) is 1. The van der Waals surface area contributed by atoms with Gasteiger partial charge in [0.2, 0.25) is 0 Å². The number of anilines is 1. The Balaban J connectivity index is 2.31. The van der Waals surface area contributed by atoms with Gasteiger partial charge in [-0.1, -0.05) is 34.1 Å². The van der Waals surface area contributed by atoms with Crippen LogP contribution in [-0.4, -0.2) is 10.2 Å². The van der Waals surface area contributed by atoms with Crippen LogP contribution in [0.15, 0.2) is 18.2 Å². The largest absolute Gasteiger partial charge is 0.426 e. The normalized spacial score (nSPS) is 10.3. The first-order valence-electron chi connectivity index (χ1n) is 4.19. The molecule has 0 aliphatic rings. The van der Waals surface area contributed by atoms with E-state index in [1.54, 1.807) is 18.2 Å². The molecule has 2 aromatic rings. The summed E-state index contributed by atoms with van der Waals surface area (Å²) in [6, 6.07) is 5.19. The predicted molar refractivity (Wildman–Crippen MR) is 60.6 cm³/mol. The Hall–Kier alpha value is -1.33. The third kappa shape index (κ3) is 2.19. The summed E-state index contributed by atoms with van der Waals surface area (Å²) in [5, 5.41) is 9.38. The molecule has 6 heteroatoms. The molecule has 1 heterocycles. The Bertz CT molecular complexity index is 466. The summed E-state index contributed by atoms with van der Waals surface area (Å²) < 4.78 is 5.45. The number of halogens is 1. The molecule has 0 spiro atoms. The second-order valence-corrected chi connectivity index (χ2v) is 4.40. The van der Waals surface area contributed by atoms with Gasteiger partial charge in [-0.25, -0.2) is 0 Å². The van der Waals surface area contributed by atoms with Gasteiger partial charge in [-0.15, -0.1) is 5.10 Å². The van der Waals surface area contributed by atoms with E-state index in [1.165, 1.54) is 11.3 Å². The van der Waals surface area contributed by atoms with E-state index >= 15 is 0 Å². The van der Waals surface area contributed by atoms with Crippen molar-refractivity contribution in [1.29, 1.82) is 0 Å². The molecule has 15 heavy (non-hydrogen) atoms. The lowest BCUT2D eigenvalue weighted by Gasteiger charge is -2.06. The topological polar surface area (TPSA) is 61.0 Å². The maximum absolute atomic E-state index is 5.94. The number of hydrogen-bond acceptors (Lipinski definition) is 5. The van der Waals surface area contributed by atoms with E-state index in [2.05, 4.69) is 10.2 Å². The molecule has 1 aromatic carbocycles. The van der Waals surface area contributed by atoms with Gasteiger partial charge in [0.05, 0.1) is 10.7 Å². The van der Waals surface area contributed by atoms with Crippen molar-refractivity contribution in [3.63, 3.8) is 0 Å². The van der Waals surface area contributed by atoms with Crippen LogP contribution < -0.4 is 10.5 Å². The second kappa shape index (κ2) is 4.04. The summed E-state index contributed by atoms with van der Waals surface area (Å²) in [5.74, 6) is 0.426. The molecule has 2 rings (SSSR count). The summed E-state index contributed by atoms with van der Waals surface area (Å²) in [6.45, 7) is 1.85. The van der Waals surface area contributed by atoms with Gasteiger partial charge in [0.25, 0.3) is 5.19 Å². The van der Waals surface area contributed by atoms with Gasteiger partial charge in [-0.3, -0.25) is 0 Å². The minimum atomic E-state index is 0.426. The zero-order valence-corrected chi connectivity index (χ0v) is 9.47. The molecular weight excluding hydrogens is 234 g/mol. The number of aromatic nitrogens is 2. The van der Waals surface area contributed by atoms with Crippen LogP contribution in [-0.2, 0) is 0 Å².